The predicted molar refractivity (Wildman–Crippen MR) is 115 cm³/mol. The summed E-state index contributed by atoms with van der Waals surface area (Å²) < 4.78 is 24.6. The Morgan fingerprint density at radius 2 is 1.76 bits per heavy atom. The molecule has 29 heavy (non-hydrogen) atoms. The highest BCUT2D eigenvalue weighted by Gasteiger charge is 2.37. The van der Waals surface area contributed by atoms with Gasteiger partial charge in [-0.1, -0.05) is 12.1 Å². The van der Waals surface area contributed by atoms with Gasteiger partial charge in [0, 0.05) is 45.1 Å². The zero-order valence-corrected chi connectivity index (χ0v) is 18.3. The summed E-state index contributed by atoms with van der Waals surface area (Å²) in [5.74, 6) is -0.0420. The monoisotopic (exact) mass is 415 g/mol. The van der Waals surface area contributed by atoms with Crippen molar-refractivity contribution < 1.29 is 18.8 Å². The summed E-state index contributed by atoms with van der Waals surface area (Å²) >= 11 is -1.31. The van der Waals surface area contributed by atoms with Crippen LogP contribution in [-0.4, -0.2) is 37.8 Å². The van der Waals surface area contributed by atoms with E-state index in [4.69, 9.17) is 9.47 Å². The fourth-order valence-corrected chi connectivity index (χ4v) is 5.00. The molecule has 0 aliphatic heterocycles. The van der Waals surface area contributed by atoms with Gasteiger partial charge in [0.05, 0.1) is 11.7 Å². The molecule has 0 spiro atoms. The summed E-state index contributed by atoms with van der Waals surface area (Å²) in [4.78, 5) is 14.5. The van der Waals surface area contributed by atoms with Crippen molar-refractivity contribution in [3.8, 4) is 0 Å². The van der Waals surface area contributed by atoms with Crippen molar-refractivity contribution in [1.29, 1.82) is 0 Å². The summed E-state index contributed by atoms with van der Waals surface area (Å²) in [6, 6.07) is 15.2. The standard InChI is InChI=1S/C23H29NO4S/c1-17(25)24(2)19-8-10-21(11-9-19)29(26)22-7-5-6-18(16-22)23(28-4)14-12-20(27-3)13-15-23/h5-11,16,20H,12-15H2,1-4H3. The Balaban J connectivity index is 1.82. The molecular weight excluding hydrogens is 386 g/mol. The Hall–Kier alpha value is -1.86. The number of anilines is 1. The molecule has 2 aromatic rings. The first-order valence-electron chi connectivity index (χ1n) is 9.85. The topological polar surface area (TPSA) is 61.8 Å². The van der Waals surface area contributed by atoms with Crippen molar-refractivity contribution in [2.24, 2.45) is 0 Å². The Labute approximate surface area is 176 Å². The van der Waals surface area contributed by atoms with Crippen LogP contribution in [0.15, 0.2) is 58.3 Å². The molecule has 1 atom stereocenters. The van der Waals surface area contributed by atoms with Crippen molar-refractivity contribution in [2.75, 3.05) is 26.2 Å². The molecule has 3 rings (SSSR count). The molecular formula is C23H29NO4S. The Kier molecular flexibility index (Phi) is 7.01. The number of hydrogen-bond acceptors (Lipinski definition) is 4. The maximum atomic E-state index is 13.2. The number of benzene rings is 2. The third-order valence-electron chi connectivity index (χ3n) is 5.95. The number of nitrogens with zero attached hydrogens (tertiary/aromatic N) is 1. The predicted octanol–water partition coefficient (Wildman–Crippen LogP) is 4.27. The van der Waals surface area contributed by atoms with Crippen LogP contribution in [0.3, 0.4) is 0 Å². The van der Waals surface area contributed by atoms with Gasteiger partial charge in [-0.05, 0) is 67.6 Å². The summed E-state index contributed by atoms with van der Waals surface area (Å²) in [5.41, 5.74) is 1.48. The van der Waals surface area contributed by atoms with Gasteiger partial charge in [0.15, 0.2) is 9.79 Å². The number of carbonyl (C=O) groups excluding carboxylic acids is 1. The van der Waals surface area contributed by atoms with E-state index in [1.165, 1.54) is 6.92 Å². The normalized spacial score (nSPS) is 22.9. The summed E-state index contributed by atoms with van der Waals surface area (Å²) in [6.45, 7) is 1.52. The van der Waals surface area contributed by atoms with E-state index in [0.29, 0.717) is 4.90 Å². The van der Waals surface area contributed by atoms with E-state index in [-0.39, 0.29) is 17.6 Å². The van der Waals surface area contributed by atoms with Crippen LogP contribution in [0.2, 0.25) is 0 Å². The molecule has 1 aliphatic carbocycles. The molecule has 5 nitrogen and oxygen atoms in total. The Morgan fingerprint density at radius 3 is 2.31 bits per heavy atom. The SMILES string of the molecule is COC1CCC(OC)(c2cccc([S+]([O-])c3ccc(N(C)C(C)=O)cc3)c2)CC1. The molecule has 1 aliphatic rings. The fraction of sp³-hybridized carbons (Fsp3) is 0.435. The molecule has 0 saturated heterocycles. The number of methoxy groups -OCH3 is 2. The minimum absolute atomic E-state index is 0.0420. The van der Waals surface area contributed by atoms with Crippen molar-refractivity contribution >= 4 is 22.8 Å². The van der Waals surface area contributed by atoms with Gasteiger partial charge in [-0.2, -0.15) is 0 Å². The zero-order valence-electron chi connectivity index (χ0n) is 17.5. The molecule has 0 bridgehead atoms. The van der Waals surface area contributed by atoms with Crippen LogP contribution in [0, 0.1) is 0 Å². The molecule has 0 heterocycles. The summed E-state index contributed by atoms with van der Waals surface area (Å²) in [5, 5.41) is 0. The van der Waals surface area contributed by atoms with E-state index in [2.05, 4.69) is 6.07 Å². The van der Waals surface area contributed by atoms with Crippen LogP contribution in [0.1, 0.15) is 38.2 Å². The minimum Gasteiger partial charge on any atom is -0.606 e. The third kappa shape index (κ3) is 4.67. The van der Waals surface area contributed by atoms with Crippen LogP contribution in [0.25, 0.3) is 0 Å². The Bertz CT molecular complexity index is 831. The molecule has 2 aromatic carbocycles. The van der Waals surface area contributed by atoms with Crippen LogP contribution in [0.4, 0.5) is 5.69 Å². The highest BCUT2D eigenvalue weighted by Crippen LogP contribution is 2.41. The second-order valence-electron chi connectivity index (χ2n) is 7.50. The second-order valence-corrected chi connectivity index (χ2v) is 8.98. The van der Waals surface area contributed by atoms with Gasteiger partial charge >= 0.3 is 0 Å². The highest BCUT2D eigenvalue weighted by atomic mass is 32.2. The lowest BCUT2D eigenvalue weighted by atomic mass is 9.78. The third-order valence-corrected chi connectivity index (χ3v) is 7.33. The van der Waals surface area contributed by atoms with Gasteiger partial charge < -0.3 is 18.9 Å². The lowest BCUT2D eigenvalue weighted by molar-refractivity contribution is -0.116. The van der Waals surface area contributed by atoms with Gasteiger partial charge in [-0.3, -0.25) is 4.79 Å². The van der Waals surface area contributed by atoms with E-state index in [0.717, 1.165) is 41.8 Å². The molecule has 1 unspecified atom stereocenters. The average molecular weight is 416 g/mol. The van der Waals surface area contributed by atoms with E-state index >= 15 is 0 Å². The van der Waals surface area contributed by atoms with Crippen LogP contribution < -0.4 is 4.90 Å². The van der Waals surface area contributed by atoms with E-state index in [1.54, 1.807) is 26.2 Å². The molecule has 1 saturated carbocycles. The molecule has 6 heteroatoms. The zero-order chi connectivity index (χ0) is 21.0. The molecule has 1 amide bonds. The van der Waals surface area contributed by atoms with Crippen LogP contribution in [-0.2, 0) is 31.0 Å². The molecule has 0 aromatic heterocycles. The van der Waals surface area contributed by atoms with Gasteiger partial charge in [-0.15, -0.1) is 0 Å². The lowest BCUT2D eigenvalue weighted by Crippen LogP contribution is -2.36. The van der Waals surface area contributed by atoms with Gasteiger partial charge in [-0.25, -0.2) is 0 Å². The van der Waals surface area contributed by atoms with Crippen molar-refractivity contribution in [1.82, 2.24) is 0 Å². The van der Waals surface area contributed by atoms with Crippen LogP contribution in [0.5, 0.6) is 0 Å². The fourth-order valence-electron chi connectivity index (χ4n) is 3.91. The van der Waals surface area contributed by atoms with Gasteiger partial charge in [0.2, 0.25) is 5.91 Å². The smallest absolute Gasteiger partial charge is 0.223 e. The first-order valence-corrected chi connectivity index (χ1v) is 11.0. The highest BCUT2D eigenvalue weighted by molar-refractivity contribution is 7.91. The Morgan fingerprint density at radius 1 is 1.10 bits per heavy atom. The molecule has 0 N–H and O–H groups in total. The van der Waals surface area contributed by atoms with Crippen molar-refractivity contribution in [2.45, 2.75) is 54.1 Å². The quantitative estimate of drug-likeness (QED) is 0.661. The summed E-state index contributed by atoms with van der Waals surface area (Å²) in [7, 11) is 5.23. The second kappa shape index (κ2) is 9.30. The van der Waals surface area contributed by atoms with E-state index < -0.39 is 11.2 Å². The number of amides is 1. The maximum absolute atomic E-state index is 13.2. The number of hydrogen-bond donors (Lipinski definition) is 0. The van der Waals surface area contributed by atoms with Crippen LogP contribution >= 0.6 is 0 Å². The minimum atomic E-state index is -1.31. The molecule has 0 radical (unpaired) electrons. The lowest BCUT2D eigenvalue weighted by Gasteiger charge is -2.39. The molecule has 156 valence electrons. The largest absolute Gasteiger partial charge is 0.606 e. The van der Waals surface area contributed by atoms with Gasteiger partial charge in [0.1, 0.15) is 0 Å². The maximum Gasteiger partial charge on any atom is 0.223 e. The van der Waals surface area contributed by atoms with Crippen molar-refractivity contribution in [3.63, 3.8) is 0 Å². The first kappa shape index (κ1) is 21.8. The first-order chi connectivity index (χ1) is 13.9. The van der Waals surface area contributed by atoms with E-state index in [9.17, 15) is 9.35 Å². The number of rotatable bonds is 6. The van der Waals surface area contributed by atoms with Crippen molar-refractivity contribution in [3.05, 3.63) is 54.1 Å². The molecule has 1 fully saturated rings. The average Bonchev–Trinajstić information content (AvgIpc) is 2.78. The summed E-state index contributed by atoms with van der Waals surface area (Å²) in [6.07, 6.45) is 3.93. The van der Waals surface area contributed by atoms with E-state index in [1.807, 2.05) is 42.5 Å². The van der Waals surface area contributed by atoms with Gasteiger partial charge in [0.25, 0.3) is 0 Å². The number of ether oxygens (including phenoxy) is 2. The number of carbonyl (C=O) groups is 1.